The van der Waals surface area contributed by atoms with E-state index in [4.69, 9.17) is 0 Å². The molecule has 1 aromatic heterocycles. The largest absolute Gasteiger partial charge is 0.356 e. The normalized spacial score (nSPS) is 11.1. The van der Waals surface area contributed by atoms with Gasteiger partial charge in [-0.25, -0.2) is 0 Å². The number of aromatic nitrogens is 1. The number of carbonyl (C=O) groups is 1. The SMILES string of the molecule is Cc1ccc(C)c2[nH]c(=O)c(CCNC(=O)CC(c3ccccc3)c3ccccc3)cc12. The van der Waals surface area contributed by atoms with E-state index >= 15 is 0 Å². The molecule has 4 aromatic rings. The van der Waals surface area contributed by atoms with Gasteiger partial charge in [0.05, 0.1) is 5.52 Å². The maximum atomic E-state index is 12.8. The molecule has 0 atom stereocenters. The van der Waals surface area contributed by atoms with Crippen LogP contribution in [-0.2, 0) is 11.2 Å². The van der Waals surface area contributed by atoms with Crippen LogP contribution in [0.25, 0.3) is 10.9 Å². The van der Waals surface area contributed by atoms with E-state index in [2.05, 4.69) is 40.6 Å². The van der Waals surface area contributed by atoms with Crippen molar-refractivity contribution in [2.45, 2.75) is 32.6 Å². The molecule has 0 spiro atoms. The van der Waals surface area contributed by atoms with Gasteiger partial charge < -0.3 is 10.3 Å². The maximum absolute atomic E-state index is 12.8. The summed E-state index contributed by atoms with van der Waals surface area (Å²) in [5.74, 6) is -0.0287. The molecular weight excluding hydrogens is 396 g/mol. The van der Waals surface area contributed by atoms with Gasteiger partial charge in [-0.3, -0.25) is 9.59 Å². The number of benzene rings is 3. The molecule has 162 valence electrons. The lowest BCUT2D eigenvalue weighted by Crippen LogP contribution is -2.28. The van der Waals surface area contributed by atoms with Crippen molar-refractivity contribution in [3.63, 3.8) is 0 Å². The third-order valence-electron chi connectivity index (χ3n) is 6.03. The van der Waals surface area contributed by atoms with Gasteiger partial charge in [0.1, 0.15) is 0 Å². The summed E-state index contributed by atoms with van der Waals surface area (Å²) < 4.78 is 0. The third-order valence-corrected chi connectivity index (χ3v) is 6.03. The van der Waals surface area contributed by atoms with Gasteiger partial charge in [-0.05, 0) is 48.6 Å². The minimum atomic E-state index is -0.0908. The highest BCUT2D eigenvalue weighted by atomic mass is 16.1. The molecule has 0 fully saturated rings. The number of aryl methyl sites for hydroxylation is 2. The van der Waals surface area contributed by atoms with Crippen LogP contribution in [0, 0.1) is 13.8 Å². The first-order valence-corrected chi connectivity index (χ1v) is 11.0. The van der Waals surface area contributed by atoms with E-state index < -0.39 is 0 Å². The number of rotatable bonds is 7. The molecule has 0 unspecified atom stereocenters. The smallest absolute Gasteiger partial charge is 0.251 e. The average molecular weight is 425 g/mol. The molecule has 4 rings (SSSR count). The molecule has 0 aliphatic carbocycles. The van der Waals surface area contributed by atoms with Crippen LogP contribution in [0.3, 0.4) is 0 Å². The summed E-state index contributed by atoms with van der Waals surface area (Å²) >= 11 is 0. The van der Waals surface area contributed by atoms with E-state index in [0.29, 0.717) is 24.9 Å². The summed E-state index contributed by atoms with van der Waals surface area (Å²) in [5.41, 5.74) is 5.89. The van der Waals surface area contributed by atoms with Crippen LogP contribution in [0.15, 0.2) is 83.7 Å². The van der Waals surface area contributed by atoms with Crippen molar-refractivity contribution in [3.8, 4) is 0 Å². The fourth-order valence-electron chi connectivity index (χ4n) is 4.20. The van der Waals surface area contributed by atoms with Crippen molar-refractivity contribution in [3.05, 3.63) is 117 Å². The Morgan fingerprint density at radius 2 is 1.47 bits per heavy atom. The van der Waals surface area contributed by atoms with Gasteiger partial charge >= 0.3 is 0 Å². The van der Waals surface area contributed by atoms with Crippen LogP contribution in [-0.4, -0.2) is 17.4 Å². The molecule has 0 bridgehead atoms. The van der Waals surface area contributed by atoms with Crippen LogP contribution < -0.4 is 10.9 Å². The summed E-state index contributed by atoms with van der Waals surface area (Å²) in [7, 11) is 0. The van der Waals surface area contributed by atoms with Crippen molar-refractivity contribution >= 4 is 16.8 Å². The van der Waals surface area contributed by atoms with Crippen LogP contribution >= 0.6 is 0 Å². The Labute approximate surface area is 188 Å². The number of H-pyrrole nitrogens is 1. The van der Waals surface area contributed by atoms with E-state index in [1.54, 1.807) is 0 Å². The van der Waals surface area contributed by atoms with Crippen LogP contribution in [0.1, 0.15) is 40.2 Å². The van der Waals surface area contributed by atoms with Gasteiger partial charge in [0, 0.05) is 29.8 Å². The van der Waals surface area contributed by atoms with Crippen molar-refractivity contribution in [2.24, 2.45) is 0 Å². The number of hydrogen-bond acceptors (Lipinski definition) is 2. The predicted molar refractivity (Wildman–Crippen MR) is 130 cm³/mol. The van der Waals surface area contributed by atoms with Crippen molar-refractivity contribution in [1.82, 2.24) is 10.3 Å². The molecule has 1 amide bonds. The summed E-state index contributed by atoms with van der Waals surface area (Å²) in [6.45, 7) is 4.46. The molecule has 0 aliphatic heterocycles. The highest BCUT2D eigenvalue weighted by Gasteiger charge is 2.18. The number of hydrogen-bond donors (Lipinski definition) is 2. The second-order valence-electron chi connectivity index (χ2n) is 8.29. The Balaban J connectivity index is 1.45. The summed E-state index contributed by atoms with van der Waals surface area (Å²) in [6, 6.07) is 26.2. The first kappa shape index (κ1) is 21.6. The van der Waals surface area contributed by atoms with Crippen LogP contribution in [0.2, 0.25) is 0 Å². The molecule has 32 heavy (non-hydrogen) atoms. The van der Waals surface area contributed by atoms with Gasteiger partial charge in [0.15, 0.2) is 0 Å². The third kappa shape index (κ3) is 4.80. The molecule has 1 heterocycles. The highest BCUT2D eigenvalue weighted by molar-refractivity contribution is 5.85. The molecule has 4 nitrogen and oxygen atoms in total. The minimum Gasteiger partial charge on any atom is -0.356 e. The molecule has 4 heteroatoms. The van der Waals surface area contributed by atoms with E-state index in [-0.39, 0.29) is 17.4 Å². The molecule has 2 N–H and O–H groups in total. The number of fused-ring (bicyclic) bond motifs is 1. The second-order valence-corrected chi connectivity index (χ2v) is 8.29. The Hall–Kier alpha value is -3.66. The van der Waals surface area contributed by atoms with Crippen molar-refractivity contribution in [2.75, 3.05) is 6.54 Å². The van der Waals surface area contributed by atoms with Crippen LogP contribution in [0.4, 0.5) is 0 Å². The predicted octanol–water partition coefficient (Wildman–Crippen LogP) is 5.03. The highest BCUT2D eigenvalue weighted by Crippen LogP contribution is 2.27. The number of amides is 1. The number of nitrogens with one attached hydrogen (secondary N) is 2. The Morgan fingerprint density at radius 3 is 2.09 bits per heavy atom. The minimum absolute atomic E-state index is 0.00732. The van der Waals surface area contributed by atoms with E-state index in [9.17, 15) is 9.59 Å². The molecular formula is C28H28N2O2. The zero-order chi connectivity index (χ0) is 22.5. The summed E-state index contributed by atoms with van der Waals surface area (Å²) in [6.07, 6.45) is 0.853. The van der Waals surface area contributed by atoms with Gasteiger partial charge in [-0.2, -0.15) is 0 Å². The van der Waals surface area contributed by atoms with Gasteiger partial charge in [-0.1, -0.05) is 72.8 Å². The van der Waals surface area contributed by atoms with E-state index in [0.717, 1.165) is 33.2 Å². The fourth-order valence-corrected chi connectivity index (χ4v) is 4.20. The number of carbonyl (C=O) groups excluding carboxylic acids is 1. The van der Waals surface area contributed by atoms with Gasteiger partial charge in [-0.15, -0.1) is 0 Å². The lowest BCUT2D eigenvalue weighted by atomic mass is 9.88. The standard InChI is InChI=1S/C28H28N2O2/c1-19-13-14-20(2)27-24(19)17-23(28(32)30-27)15-16-29-26(31)18-25(21-9-5-3-6-10-21)22-11-7-4-8-12-22/h3-14,17,25H,15-16,18H2,1-2H3,(H,29,31)(H,30,32). The Morgan fingerprint density at radius 1 is 0.875 bits per heavy atom. The van der Waals surface area contributed by atoms with Gasteiger partial charge in [0.2, 0.25) is 5.91 Å². The summed E-state index contributed by atoms with van der Waals surface area (Å²) in [4.78, 5) is 28.4. The van der Waals surface area contributed by atoms with Crippen molar-refractivity contribution in [1.29, 1.82) is 0 Å². The number of aromatic amines is 1. The lowest BCUT2D eigenvalue weighted by Gasteiger charge is -2.18. The first-order chi connectivity index (χ1) is 15.5. The van der Waals surface area contributed by atoms with Gasteiger partial charge in [0.25, 0.3) is 5.56 Å². The average Bonchev–Trinajstić information content (AvgIpc) is 2.82. The zero-order valence-electron chi connectivity index (χ0n) is 18.5. The maximum Gasteiger partial charge on any atom is 0.251 e. The molecule has 0 aliphatic rings. The fraction of sp³-hybridized carbons (Fsp3) is 0.214. The molecule has 3 aromatic carbocycles. The Bertz CT molecular complexity index is 1240. The van der Waals surface area contributed by atoms with E-state index in [1.165, 1.54) is 0 Å². The number of pyridine rings is 1. The Kier molecular flexibility index (Phi) is 6.50. The molecule has 0 radical (unpaired) electrons. The van der Waals surface area contributed by atoms with Crippen LogP contribution in [0.5, 0.6) is 0 Å². The quantitative estimate of drug-likeness (QED) is 0.437. The topological polar surface area (TPSA) is 62.0 Å². The summed E-state index contributed by atoms with van der Waals surface area (Å²) in [5, 5.41) is 4.07. The first-order valence-electron chi connectivity index (χ1n) is 11.0. The second kappa shape index (κ2) is 9.65. The van der Waals surface area contributed by atoms with E-state index in [1.807, 2.05) is 62.4 Å². The zero-order valence-corrected chi connectivity index (χ0v) is 18.5. The lowest BCUT2D eigenvalue weighted by molar-refractivity contribution is -0.121. The van der Waals surface area contributed by atoms with Crippen molar-refractivity contribution < 1.29 is 4.79 Å². The molecule has 0 saturated carbocycles. The monoisotopic (exact) mass is 424 g/mol. The molecule has 0 saturated heterocycles.